The molecule has 3 aromatic carbocycles. The third-order valence-electron chi connectivity index (χ3n) is 6.39. The van der Waals surface area contributed by atoms with Crippen LogP contribution in [0.1, 0.15) is 35.3 Å². The van der Waals surface area contributed by atoms with Gasteiger partial charge in [-0.1, -0.05) is 6.07 Å². The molecule has 0 radical (unpaired) electrons. The van der Waals surface area contributed by atoms with Gasteiger partial charge in [-0.05, 0) is 96.1 Å². The van der Waals surface area contributed by atoms with Gasteiger partial charge in [0.2, 0.25) is 18.6 Å². The van der Waals surface area contributed by atoms with E-state index in [4.69, 9.17) is 9.47 Å². The molecule has 3 N–H and O–H groups in total. The minimum Gasteiger partial charge on any atom is -0.493 e. The number of carboxylic acids is 1. The predicted molar refractivity (Wildman–Crippen MR) is 153 cm³/mol. The fourth-order valence-electron chi connectivity index (χ4n) is 4.28. The molecule has 0 spiro atoms. The number of halogens is 1. The summed E-state index contributed by atoms with van der Waals surface area (Å²) in [5.41, 5.74) is 2.14. The van der Waals surface area contributed by atoms with Crippen molar-refractivity contribution in [3.05, 3.63) is 75.4 Å². The maximum atomic E-state index is 12.7. The maximum Gasteiger partial charge on any atom is 0.326 e. The largest absolute Gasteiger partial charge is 0.493 e. The molecule has 1 atom stereocenters. The lowest BCUT2D eigenvalue weighted by Gasteiger charge is -2.11. The molecule has 2 heterocycles. The Balaban J connectivity index is 1.25. The van der Waals surface area contributed by atoms with Crippen LogP contribution in [-0.4, -0.2) is 39.4 Å². The van der Waals surface area contributed by atoms with Crippen LogP contribution >= 0.6 is 22.6 Å². The summed E-state index contributed by atoms with van der Waals surface area (Å²) >= 11 is 2.09. The Bertz CT molecular complexity index is 1660. The fourth-order valence-corrected chi connectivity index (χ4v) is 4.78. The first kappa shape index (κ1) is 27.1. The van der Waals surface area contributed by atoms with E-state index in [0.29, 0.717) is 34.5 Å². The molecule has 12 heteroatoms. The Morgan fingerprint density at radius 3 is 2.55 bits per heavy atom. The number of rotatable bonds is 8. The zero-order chi connectivity index (χ0) is 28.4. The number of nitrogens with zero attached hydrogens (tertiary/aromatic N) is 3. The van der Waals surface area contributed by atoms with Crippen molar-refractivity contribution in [3.8, 4) is 17.4 Å². The second-order valence-electron chi connectivity index (χ2n) is 9.04. The van der Waals surface area contributed by atoms with Crippen molar-refractivity contribution in [2.45, 2.75) is 25.8 Å². The van der Waals surface area contributed by atoms with E-state index in [1.54, 1.807) is 30.3 Å². The summed E-state index contributed by atoms with van der Waals surface area (Å²) in [7, 11) is 0. The van der Waals surface area contributed by atoms with Gasteiger partial charge in [-0.3, -0.25) is 14.2 Å². The highest BCUT2D eigenvalue weighted by atomic mass is 127. The normalized spacial score (nSPS) is 13.1. The number of aromatic nitrogens is 1. The van der Waals surface area contributed by atoms with Gasteiger partial charge in [-0.2, -0.15) is 0 Å². The lowest BCUT2D eigenvalue weighted by atomic mass is 10.1. The molecular weight excluding hydrogens is 631 g/mol. The Hall–Kier alpha value is -4.46. The monoisotopic (exact) mass is 654 g/mol. The van der Waals surface area contributed by atoms with Crippen LogP contribution < -0.4 is 14.8 Å². The zero-order valence-corrected chi connectivity index (χ0v) is 23.3. The van der Waals surface area contributed by atoms with E-state index in [0.717, 1.165) is 9.13 Å². The smallest absolute Gasteiger partial charge is 0.326 e. The van der Waals surface area contributed by atoms with Crippen LogP contribution in [0.5, 0.6) is 17.4 Å². The number of carbonyl (C=O) groups excluding carboxylic acids is 2. The molecule has 1 unspecified atom stereocenters. The van der Waals surface area contributed by atoms with Crippen LogP contribution in [0.2, 0.25) is 0 Å². The molecule has 1 aromatic heterocycles. The van der Waals surface area contributed by atoms with E-state index >= 15 is 0 Å². The first-order valence-electron chi connectivity index (χ1n) is 12.2. The molecule has 0 saturated carbocycles. The van der Waals surface area contributed by atoms with Crippen LogP contribution in [0.4, 0.5) is 11.4 Å². The number of carbonyl (C=O) groups is 3. The number of amides is 2. The number of ether oxygens (including phenoxy) is 2. The highest BCUT2D eigenvalue weighted by Gasteiger charge is 2.24. The molecule has 1 aliphatic rings. The molecule has 11 nitrogen and oxygen atoms in total. The number of benzene rings is 3. The van der Waals surface area contributed by atoms with Crippen molar-refractivity contribution < 1.29 is 34.1 Å². The van der Waals surface area contributed by atoms with Crippen molar-refractivity contribution in [1.29, 1.82) is 0 Å². The number of azo groups is 1. The number of nitrogens with one attached hydrogen (secondary N) is 1. The van der Waals surface area contributed by atoms with Gasteiger partial charge in [0.05, 0.1) is 5.52 Å². The number of hydrogen-bond acceptors (Lipinski definition) is 7. The summed E-state index contributed by atoms with van der Waals surface area (Å²) in [6.45, 7) is 1.63. The van der Waals surface area contributed by atoms with Crippen LogP contribution in [-0.2, 0) is 16.0 Å². The molecule has 4 aromatic rings. The summed E-state index contributed by atoms with van der Waals surface area (Å²) in [6, 6.07) is 15.9. The number of hydrogen-bond donors (Lipinski definition) is 3. The average Bonchev–Trinajstić information content (AvgIpc) is 3.51. The molecule has 40 heavy (non-hydrogen) atoms. The molecule has 2 amide bonds. The Morgan fingerprint density at radius 1 is 1.05 bits per heavy atom. The maximum absolute atomic E-state index is 12.7. The summed E-state index contributed by atoms with van der Waals surface area (Å²) in [5.74, 6) is -1.03. The number of fused-ring (bicyclic) bond motifs is 2. The Kier molecular flexibility index (Phi) is 7.69. The standard InChI is InChI=1S/C28H23IN4O7/c1-15(28(37)38)33-21-9-6-18(29)13-20(21)25(27(33)36)31-32-26(35)17-4-7-19(8-5-17)30-24(34)11-3-16-2-10-22-23(12-16)40-14-39-22/h2,4-10,12-13,15,36H,3,11,14H2,1H3,(H,30,34)(H,37,38). The lowest BCUT2D eigenvalue weighted by Crippen LogP contribution is -2.14. The topological polar surface area (TPSA) is 152 Å². The summed E-state index contributed by atoms with van der Waals surface area (Å²) in [6.07, 6.45) is 0.776. The van der Waals surface area contributed by atoms with Gasteiger partial charge in [-0.25, -0.2) is 4.79 Å². The van der Waals surface area contributed by atoms with Crippen LogP contribution in [0, 0.1) is 3.57 Å². The van der Waals surface area contributed by atoms with Crippen molar-refractivity contribution in [1.82, 2.24) is 4.57 Å². The quantitative estimate of drug-likeness (QED) is 0.160. The molecule has 5 rings (SSSR count). The van der Waals surface area contributed by atoms with E-state index in [1.165, 1.54) is 23.6 Å². The number of aryl methyl sites for hydroxylation is 1. The Morgan fingerprint density at radius 2 is 1.80 bits per heavy atom. The number of aliphatic carboxylic acids is 1. The minimum atomic E-state index is -1.13. The molecule has 0 fully saturated rings. The van der Waals surface area contributed by atoms with Gasteiger partial charge in [0.15, 0.2) is 17.2 Å². The number of aromatic hydroxyl groups is 1. The minimum absolute atomic E-state index is 0.00121. The molecule has 0 saturated heterocycles. The van der Waals surface area contributed by atoms with E-state index < -0.39 is 23.8 Å². The van der Waals surface area contributed by atoms with Gasteiger partial charge in [0, 0.05) is 26.6 Å². The summed E-state index contributed by atoms with van der Waals surface area (Å²) in [4.78, 5) is 36.7. The van der Waals surface area contributed by atoms with E-state index in [-0.39, 0.29) is 30.4 Å². The summed E-state index contributed by atoms with van der Waals surface area (Å²) in [5, 5.41) is 31.2. The highest BCUT2D eigenvalue weighted by molar-refractivity contribution is 14.1. The first-order valence-corrected chi connectivity index (χ1v) is 13.3. The van der Waals surface area contributed by atoms with E-state index in [9.17, 15) is 24.6 Å². The molecule has 1 aliphatic heterocycles. The molecule has 0 bridgehead atoms. The lowest BCUT2D eigenvalue weighted by molar-refractivity contribution is -0.140. The first-order chi connectivity index (χ1) is 19.2. The SMILES string of the molecule is CC(C(=O)O)n1c(O)c(N=NC(=O)c2ccc(NC(=O)CCc3ccc4c(c3)OCO4)cc2)c2cc(I)ccc21. The number of anilines is 1. The van der Waals surface area contributed by atoms with Gasteiger partial charge in [-0.15, -0.1) is 10.2 Å². The summed E-state index contributed by atoms with van der Waals surface area (Å²) < 4.78 is 12.7. The van der Waals surface area contributed by atoms with Crippen molar-refractivity contribution in [2.24, 2.45) is 10.2 Å². The van der Waals surface area contributed by atoms with Crippen LogP contribution in [0.25, 0.3) is 10.9 Å². The van der Waals surface area contributed by atoms with Crippen molar-refractivity contribution >= 4 is 62.7 Å². The van der Waals surface area contributed by atoms with Crippen LogP contribution in [0.15, 0.2) is 70.9 Å². The highest BCUT2D eigenvalue weighted by Crippen LogP contribution is 2.41. The van der Waals surface area contributed by atoms with Gasteiger partial charge in [0.1, 0.15) is 6.04 Å². The van der Waals surface area contributed by atoms with E-state index in [1.807, 2.05) is 18.2 Å². The zero-order valence-electron chi connectivity index (χ0n) is 21.1. The van der Waals surface area contributed by atoms with Crippen LogP contribution in [0.3, 0.4) is 0 Å². The second-order valence-corrected chi connectivity index (χ2v) is 10.3. The van der Waals surface area contributed by atoms with Gasteiger partial charge < -0.3 is 25.0 Å². The van der Waals surface area contributed by atoms with Gasteiger partial charge >= 0.3 is 5.97 Å². The van der Waals surface area contributed by atoms with Crippen molar-refractivity contribution in [3.63, 3.8) is 0 Å². The number of carboxylic acid groups (broad SMARTS) is 1. The molecule has 0 aliphatic carbocycles. The molecular formula is C28H23IN4O7. The van der Waals surface area contributed by atoms with Crippen molar-refractivity contribution in [2.75, 3.05) is 12.1 Å². The third kappa shape index (κ3) is 5.61. The fraction of sp³-hybridized carbons (Fsp3) is 0.179. The predicted octanol–water partition coefficient (Wildman–Crippen LogP) is 5.82. The molecule has 204 valence electrons. The van der Waals surface area contributed by atoms with E-state index in [2.05, 4.69) is 38.1 Å². The second kappa shape index (κ2) is 11.3. The third-order valence-corrected chi connectivity index (χ3v) is 7.06. The van der Waals surface area contributed by atoms with Gasteiger partial charge in [0.25, 0.3) is 5.91 Å². The Labute approximate surface area is 241 Å². The average molecular weight is 654 g/mol.